The van der Waals surface area contributed by atoms with E-state index in [-0.39, 0.29) is 18.4 Å². The van der Waals surface area contributed by atoms with Gasteiger partial charge in [-0.1, -0.05) is 13.0 Å². The van der Waals surface area contributed by atoms with Crippen LogP contribution in [0.15, 0.2) is 36.4 Å². The summed E-state index contributed by atoms with van der Waals surface area (Å²) in [4.78, 5) is 25.8. The summed E-state index contributed by atoms with van der Waals surface area (Å²) in [5.74, 6) is 1.60. The smallest absolute Gasteiger partial charge is 0.293 e. The summed E-state index contributed by atoms with van der Waals surface area (Å²) in [5.41, 5.74) is 1.87. The minimum absolute atomic E-state index is 0.0208. The number of amides is 1. The molecule has 158 valence electrons. The number of hydrogen-bond acceptors (Lipinski definition) is 6. The number of rotatable bonds is 6. The molecule has 1 saturated heterocycles. The van der Waals surface area contributed by atoms with Gasteiger partial charge in [-0.05, 0) is 55.0 Å². The van der Waals surface area contributed by atoms with Gasteiger partial charge in [0.2, 0.25) is 6.79 Å². The maximum Gasteiger partial charge on any atom is 0.293 e. The lowest BCUT2D eigenvalue weighted by Gasteiger charge is -2.32. The first-order valence-electron chi connectivity index (χ1n) is 10.2. The van der Waals surface area contributed by atoms with Gasteiger partial charge in [0, 0.05) is 31.3 Å². The summed E-state index contributed by atoms with van der Waals surface area (Å²) in [6, 6.07) is 10.4. The number of nitrogens with one attached hydrogen (secondary N) is 1. The first-order chi connectivity index (χ1) is 14.5. The van der Waals surface area contributed by atoms with Crippen LogP contribution >= 0.6 is 0 Å². The number of nitro groups is 1. The topological polar surface area (TPSA) is 93.9 Å². The number of nitrogens with zero attached hydrogens (tertiary/aromatic N) is 2. The van der Waals surface area contributed by atoms with Crippen molar-refractivity contribution >= 4 is 17.3 Å². The molecule has 1 atom stereocenters. The Labute approximate surface area is 174 Å². The molecule has 1 amide bonds. The van der Waals surface area contributed by atoms with Crippen molar-refractivity contribution in [1.29, 1.82) is 0 Å². The predicted octanol–water partition coefficient (Wildman–Crippen LogP) is 3.53. The minimum atomic E-state index is -0.405. The monoisotopic (exact) mass is 411 g/mol. The third-order valence-corrected chi connectivity index (χ3v) is 5.57. The molecule has 0 radical (unpaired) electrons. The second-order valence-corrected chi connectivity index (χ2v) is 7.85. The number of benzene rings is 2. The Balaban J connectivity index is 1.41. The van der Waals surface area contributed by atoms with Crippen LogP contribution in [0.5, 0.6) is 11.5 Å². The molecule has 2 aromatic rings. The number of nitro benzene ring substituents is 1. The summed E-state index contributed by atoms with van der Waals surface area (Å²) in [7, 11) is 0. The van der Waals surface area contributed by atoms with Crippen LogP contribution < -0.4 is 19.7 Å². The average molecular weight is 411 g/mol. The van der Waals surface area contributed by atoms with E-state index < -0.39 is 4.92 Å². The van der Waals surface area contributed by atoms with E-state index in [1.807, 2.05) is 23.1 Å². The molecule has 1 unspecified atom stereocenters. The van der Waals surface area contributed by atoms with Crippen LogP contribution in [-0.2, 0) is 6.42 Å². The zero-order valence-corrected chi connectivity index (χ0v) is 16.9. The van der Waals surface area contributed by atoms with Gasteiger partial charge in [-0.3, -0.25) is 14.9 Å². The van der Waals surface area contributed by atoms with Crippen molar-refractivity contribution in [2.24, 2.45) is 5.92 Å². The van der Waals surface area contributed by atoms with Crippen LogP contribution in [-0.4, -0.2) is 37.3 Å². The Bertz CT molecular complexity index is 962. The molecule has 0 bridgehead atoms. The summed E-state index contributed by atoms with van der Waals surface area (Å²) in [6.45, 7) is 4.38. The summed E-state index contributed by atoms with van der Waals surface area (Å²) in [5, 5.41) is 14.5. The standard InChI is InChI=1S/C22H25N3O5/c1-15-3-2-10-24(13-15)18-6-5-17(12-19(18)25(27)28)22(26)23-9-8-16-4-7-20-21(11-16)30-14-29-20/h4-7,11-12,15H,2-3,8-10,13-14H2,1H3,(H,23,26). The molecule has 0 spiro atoms. The summed E-state index contributed by atoms with van der Waals surface area (Å²) in [6.07, 6.45) is 2.77. The Kier molecular flexibility index (Phi) is 5.74. The molecule has 8 nitrogen and oxygen atoms in total. The number of anilines is 1. The zero-order chi connectivity index (χ0) is 21.1. The van der Waals surface area contributed by atoms with E-state index in [1.165, 1.54) is 6.07 Å². The first-order valence-corrected chi connectivity index (χ1v) is 10.2. The maximum absolute atomic E-state index is 12.5. The SMILES string of the molecule is CC1CCCN(c2ccc(C(=O)NCCc3ccc4c(c3)OCO4)cc2[N+](=O)[O-])C1. The number of hydrogen-bond donors (Lipinski definition) is 1. The van der Waals surface area contributed by atoms with Crippen LogP contribution in [0.4, 0.5) is 11.4 Å². The van der Waals surface area contributed by atoms with Crippen LogP contribution in [0.2, 0.25) is 0 Å². The highest BCUT2D eigenvalue weighted by Gasteiger charge is 2.25. The van der Waals surface area contributed by atoms with Crippen molar-refractivity contribution in [3.8, 4) is 11.5 Å². The molecule has 1 N–H and O–H groups in total. The maximum atomic E-state index is 12.5. The van der Waals surface area contributed by atoms with Crippen LogP contribution in [0.3, 0.4) is 0 Å². The molecule has 2 aliphatic rings. The molecule has 8 heteroatoms. The largest absolute Gasteiger partial charge is 0.454 e. The zero-order valence-electron chi connectivity index (χ0n) is 16.9. The van der Waals surface area contributed by atoms with Crippen molar-refractivity contribution in [1.82, 2.24) is 5.32 Å². The van der Waals surface area contributed by atoms with E-state index in [9.17, 15) is 14.9 Å². The fourth-order valence-corrected chi connectivity index (χ4v) is 4.01. The van der Waals surface area contributed by atoms with Gasteiger partial charge >= 0.3 is 0 Å². The highest BCUT2D eigenvalue weighted by atomic mass is 16.7. The van der Waals surface area contributed by atoms with Gasteiger partial charge in [0.05, 0.1) is 4.92 Å². The van der Waals surface area contributed by atoms with Gasteiger partial charge < -0.3 is 19.7 Å². The van der Waals surface area contributed by atoms with E-state index in [0.717, 1.165) is 37.2 Å². The molecule has 1 fully saturated rings. The second-order valence-electron chi connectivity index (χ2n) is 7.85. The lowest BCUT2D eigenvalue weighted by Crippen LogP contribution is -2.34. The molecule has 0 saturated carbocycles. The van der Waals surface area contributed by atoms with Crippen molar-refractivity contribution in [3.05, 3.63) is 57.6 Å². The fraction of sp³-hybridized carbons (Fsp3) is 0.409. The number of carbonyl (C=O) groups excluding carboxylic acids is 1. The molecule has 2 aliphatic heterocycles. The van der Waals surface area contributed by atoms with E-state index in [0.29, 0.717) is 35.9 Å². The molecular formula is C22H25N3O5. The predicted molar refractivity (Wildman–Crippen MR) is 112 cm³/mol. The van der Waals surface area contributed by atoms with Crippen molar-refractivity contribution in [2.45, 2.75) is 26.2 Å². The Morgan fingerprint density at radius 2 is 2.07 bits per heavy atom. The molecule has 0 aromatic heterocycles. The van der Waals surface area contributed by atoms with Crippen molar-refractivity contribution < 1.29 is 19.2 Å². The summed E-state index contributed by atoms with van der Waals surface area (Å²) < 4.78 is 10.7. The highest BCUT2D eigenvalue weighted by molar-refractivity contribution is 5.95. The van der Waals surface area contributed by atoms with Crippen LogP contribution in [0.25, 0.3) is 0 Å². The van der Waals surface area contributed by atoms with Gasteiger partial charge in [0.25, 0.3) is 11.6 Å². The van der Waals surface area contributed by atoms with Gasteiger partial charge in [-0.15, -0.1) is 0 Å². The van der Waals surface area contributed by atoms with Crippen LogP contribution in [0.1, 0.15) is 35.7 Å². The van der Waals surface area contributed by atoms with Gasteiger partial charge in [0.1, 0.15) is 5.69 Å². The van der Waals surface area contributed by atoms with Gasteiger partial charge in [0.15, 0.2) is 11.5 Å². The minimum Gasteiger partial charge on any atom is -0.454 e. The third kappa shape index (κ3) is 4.32. The lowest BCUT2D eigenvalue weighted by molar-refractivity contribution is -0.384. The van der Waals surface area contributed by atoms with Gasteiger partial charge in [-0.25, -0.2) is 0 Å². The molecule has 2 heterocycles. The van der Waals surface area contributed by atoms with E-state index in [1.54, 1.807) is 12.1 Å². The van der Waals surface area contributed by atoms with Crippen LogP contribution in [0, 0.1) is 16.0 Å². The van der Waals surface area contributed by atoms with E-state index >= 15 is 0 Å². The average Bonchev–Trinajstić information content (AvgIpc) is 3.21. The number of carbonyl (C=O) groups is 1. The van der Waals surface area contributed by atoms with Crippen molar-refractivity contribution in [2.75, 3.05) is 31.3 Å². The lowest BCUT2D eigenvalue weighted by atomic mass is 9.99. The first kappa shape index (κ1) is 20.0. The Morgan fingerprint density at radius 1 is 1.23 bits per heavy atom. The molecule has 30 heavy (non-hydrogen) atoms. The number of ether oxygens (including phenoxy) is 2. The highest BCUT2D eigenvalue weighted by Crippen LogP contribution is 2.33. The number of fused-ring (bicyclic) bond motifs is 1. The van der Waals surface area contributed by atoms with Gasteiger partial charge in [-0.2, -0.15) is 0 Å². The second kappa shape index (κ2) is 8.61. The third-order valence-electron chi connectivity index (χ3n) is 5.57. The molecular weight excluding hydrogens is 386 g/mol. The molecule has 4 rings (SSSR count). The normalized spacial score (nSPS) is 17.6. The fourth-order valence-electron chi connectivity index (χ4n) is 4.01. The van der Waals surface area contributed by atoms with E-state index in [4.69, 9.17) is 9.47 Å². The Morgan fingerprint density at radius 3 is 2.87 bits per heavy atom. The quantitative estimate of drug-likeness (QED) is 0.577. The molecule has 0 aliphatic carbocycles. The van der Waals surface area contributed by atoms with Crippen molar-refractivity contribution in [3.63, 3.8) is 0 Å². The summed E-state index contributed by atoms with van der Waals surface area (Å²) >= 11 is 0. The Hall–Kier alpha value is -3.29. The number of piperidine rings is 1. The molecule has 2 aromatic carbocycles. The van der Waals surface area contributed by atoms with E-state index in [2.05, 4.69) is 12.2 Å².